The number of carbonyl (C=O) groups excluding carboxylic acids is 1. The molecule has 37 heavy (non-hydrogen) atoms. The van der Waals surface area contributed by atoms with Gasteiger partial charge in [0, 0.05) is 19.5 Å². The summed E-state index contributed by atoms with van der Waals surface area (Å²) in [5.41, 5.74) is 3.12. The predicted molar refractivity (Wildman–Crippen MR) is 149 cm³/mol. The first-order valence-corrected chi connectivity index (χ1v) is 14.8. The molecule has 3 saturated carbocycles. The zero-order valence-corrected chi connectivity index (χ0v) is 23.2. The smallest absolute Gasteiger partial charge is 0.222 e. The highest BCUT2D eigenvalue weighted by molar-refractivity contribution is 5.77. The molecule has 1 heterocycles. The van der Waals surface area contributed by atoms with Crippen molar-refractivity contribution in [3.63, 3.8) is 0 Å². The molecule has 8 atom stereocenters. The van der Waals surface area contributed by atoms with E-state index < -0.39 is 0 Å². The van der Waals surface area contributed by atoms with E-state index in [4.69, 9.17) is 4.74 Å². The van der Waals surface area contributed by atoms with Gasteiger partial charge >= 0.3 is 0 Å². The van der Waals surface area contributed by atoms with Crippen LogP contribution in [0.3, 0.4) is 0 Å². The molecule has 4 fully saturated rings. The van der Waals surface area contributed by atoms with E-state index in [0.29, 0.717) is 28.7 Å². The minimum Gasteiger partial charge on any atom is -0.366 e. The fourth-order valence-electron chi connectivity index (χ4n) is 9.88. The molecule has 3 nitrogen and oxygen atoms in total. The molecule has 4 aliphatic rings. The van der Waals surface area contributed by atoms with E-state index in [1.54, 1.807) is 0 Å². The topological polar surface area (TPSA) is 29.5 Å². The number of nitrogens with zero attached hydrogens (tertiary/aromatic N) is 1. The summed E-state index contributed by atoms with van der Waals surface area (Å²) in [5.74, 6) is 3.30. The summed E-state index contributed by atoms with van der Waals surface area (Å²) in [6.45, 7) is 7.49. The number of rotatable bonds is 5. The molecule has 3 aliphatic carbocycles. The molecule has 0 N–H and O–H groups in total. The van der Waals surface area contributed by atoms with E-state index >= 15 is 0 Å². The van der Waals surface area contributed by atoms with Crippen LogP contribution >= 0.6 is 0 Å². The van der Waals surface area contributed by atoms with E-state index in [1.807, 2.05) is 0 Å². The standard InChI is InChI=1S/C34H45NO2/c1-23(37-32(24-11-7-5-8-12-24)25-13-9-6-10-14-25)27-16-17-28-26-15-18-30-34(3,22-20-31(36)35(30)4)29(26)19-21-33(27,28)2/h5-14,23,26-30,32H,15-22H2,1-4H3/t23?,26-,27+,28-,29-,30+,33+,34+/m0/s1. The van der Waals surface area contributed by atoms with Crippen molar-refractivity contribution in [3.05, 3.63) is 71.8 Å². The van der Waals surface area contributed by atoms with E-state index in [9.17, 15) is 4.79 Å². The van der Waals surface area contributed by atoms with Crippen molar-refractivity contribution in [1.82, 2.24) is 4.90 Å². The molecule has 3 heteroatoms. The molecule has 1 saturated heterocycles. The fraction of sp³-hybridized carbons (Fsp3) is 0.618. The Balaban J connectivity index is 1.23. The van der Waals surface area contributed by atoms with Crippen molar-refractivity contribution in [2.75, 3.05) is 7.05 Å². The van der Waals surface area contributed by atoms with Gasteiger partial charge in [-0.25, -0.2) is 0 Å². The van der Waals surface area contributed by atoms with E-state index in [2.05, 4.69) is 93.4 Å². The third-order valence-electron chi connectivity index (χ3n) is 11.8. The second-order valence-corrected chi connectivity index (χ2v) is 13.3. The van der Waals surface area contributed by atoms with Gasteiger partial charge in [-0.3, -0.25) is 4.79 Å². The second-order valence-electron chi connectivity index (χ2n) is 13.3. The van der Waals surface area contributed by atoms with Gasteiger partial charge in [-0.1, -0.05) is 74.5 Å². The molecule has 198 valence electrons. The number of piperidine rings is 1. The number of likely N-dealkylation sites (tertiary alicyclic amines) is 1. The van der Waals surface area contributed by atoms with Crippen molar-refractivity contribution in [3.8, 4) is 0 Å². The van der Waals surface area contributed by atoms with Gasteiger partial charge in [0.2, 0.25) is 5.91 Å². The number of hydrogen-bond donors (Lipinski definition) is 0. The van der Waals surface area contributed by atoms with Crippen molar-refractivity contribution in [1.29, 1.82) is 0 Å². The van der Waals surface area contributed by atoms with Gasteiger partial charge in [0.1, 0.15) is 6.10 Å². The van der Waals surface area contributed by atoms with Crippen LogP contribution in [0.15, 0.2) is 60.7 Å². The number of ether oxygens (including phenoxy) is 1. The molecular formula is C34H45NO2. The molecule has 0 bridgehead atoms. The Morgan fingerprint density at radius 1 is 0.811 bits per heavy atom. The number of fused-ring (bicyclic) bond motifs is 5. The van der Waals surface area contributed by atoms with Gasteiger partial charge in [-0.15, -0.1) is 0 Å². The number of carbonyl (C=O) groups is 1. The van der Waals surface area contributed by atoms with Gasteiger partial charge in [-0.2, -0.15) is 0 Å². The lowest BCUT2D eigenvalue weighted by atomic mass is 9.46. The second kappa shape index (κ2) is 9.56. The molecule has 1 aliphatic heterocycles. The fourth-order valence-corrected chi connectivity index (χ4v) is 9.88. The first-order chi connectivity index (χ1) is 17.8. The third-order valence-corrected chi connectivity index (χ3v) is 11.8. The monoisotopic (exact) mass is 499 g/mol. The highest BCUT2D eigenvalue weighted by atomic mass is 16.5. The summed E-state index contributed by atoms with van der Waals surface area (Å²) in [4.78, 5) is 14.6. The maximum Gasteiger partial charge on any atom is 0.222 e. The summed E-state index contributed by atoms with van der Waals surface area (Å²) in [6.07, 6.45) is 9.73. The number of amides is 1. The first-order valence-electron chi connectivity index (χ1n) is 14.8. The van der Waals surface area contributed by atoms with E-state index in [1.165, 1.54) is 49.7 Å². The Labute approximate surface area is 224 Å². The summed E-state index contributed by atoms with van der Waals surface area (Å²) in [7, 11) is 2.07. The average molecular weight is 500 g/mol. The summed E-state index contributed by atoms with van der Waals surface area (Å²) in [6, 6.07) is 22.0. The molecular weight excluding hydrogens is 454 g/mol. The van der Waals surface area contributed by atoms with E-state index in [0.717, 1.165) is 30.6 Å². The van der Waals surface area contributed by atoms with Crippen LogP contribution in [0, 0.1) is 34.5 Å². The molecule has 2 aromatic rings. The molecule has 1 amide bonds. The van der Waals surface area contributed by atoms with Gasteiger partial charge in [-0.05, 0) is 97.5 Å². The number of hydrogen-bond acceptors (Lipinski definition) is 2. The van der Waals surface area contributed by atoms with Crippen LogP contribution in [-0.2, 0) is 9.53 Å². The van der Waals surface area contributed by atoms with Crippen LogP contribution in [-0.4, -0.2) is 30.0 Å². The van der Waals surface area contributed by atoms with Crippen LogP contribution < -0.4 is 0 Å². The lowest BCUT2D eigenvalue weighted by Crippen LogP contribution is -2.61. The van der Waals surface area contributed by atoms with Gasteiger partial charge in [0.15, 0.2) is 0 Å². The minimum atomic E-state index is -0.0268. The van der Waals surface area contributed by atoms with E-state index in [-0.39, 0.29) is 12.2 Å². The lowest BCUT2D eigenvalue weighted by Gasteiger charge is -2.62. The molecule has 0 aromatic heterocycles. The minimum absolute atomic E-state index is 0.0268. The molecule has 2 aromatic carbocycles. The Kier molecular flexibility index (Phi) is 6.50. The average Bonchev–Trinajstić information content (AvgIpc) is 3.28. The SMILES string of the molecule is CC(OC(c1ccccc1)c1ccccc1)[C@H]1CC[C@H]2[C@@H]3CC[C@H]4N(C)C(=O)CC[C@]4(C)[C@H]3CC[C@]12C. The molecule has 6 rings (SSSR count). The van der Waals surface area contributed by atoms with Gasteiger partial charge in [0.05, 0.1) is 6.10 Å². The quantitative estimate of drug-likeness (QED) is 0.423. The van der Waals surface area contributed by atoms with Crippen LogP contribution in [0.2, 0.25) is 0 Å². The Bertz CT molecular complexity index is 1060. The van der Waals surface area contributed by atoms with Crippen molar-refractivity contribution in [2.24, 2.45) is 34.5 Å². The van der Waals surface area contributed by atoms with Crippen molar-refractivity contribution >= 4 is 5.91 Å². The molecule has 1 unspecified atom stereocenters. The Hall–Kier alpha value is -2.13. The third kappa shape index (κ3) is 4.08. The summed E-state index contributed by atoms with van der Waals surface area (Å²) in [5, 5.41) is 0. The molecule has 0 radical (unpaired) electrons. The zero-order chi connectivity index (χ0) is 25.8. The molecule has 0 spiro atoms. The summed E-state index contributed by atoms with van der Waals surface area (Å²) < 4.78 is 7.04. The maximum absolute atomic E-state index is 12.5. The van der Waals surface area contributed by atoms with Crippen molar-refractivity contribution < 1.29 is 9.53 Å². The van der Waals surface area contributed by atoms with Gasteiger partial charge in [0.25, 0.3) is 0 Å². The Morgan fingerprint density at radius 3 is 2.08 bits per heavy atom. The van der Waals surface area contributed by atoms with Crippen LogP contribution in [0.5, 0.6) is 0 Å². The van der Waals surface area contributed by atoms with Crippen LogP contribution in [0.25, 0.3) is 0 Å². The first kappa shape index (κ1) is 25.2. The summed E-state index contributed by atoms with van der Waals surface area (Å²) >= 11 is 0. The van der Waals surface area contributed by atoms with Crippen LogP contribution in [0.4, 0.5) is 0 Å². The zero-order valence-electron chi connectivity index (χ0n) is 23.2. The highest BCUT2D eigenvalue weighted by Gasteiger charge is 2.61. The van der Waals surface area contributed by atoms with Crippen molar-refractivity contribution in [2.45, 2.75) is 90.4 Å². The lowest BCUT2D eigenvalue weighted by molar-refractivity contribution is -0.160. The van der Waals surface area contributed by atoms with Crippen LogP contribution in [0.1, 0.15) is 89.4 Å². The maximum atomic E-state index is 12.5. The largest absolute Gasteiger partial charge is 0.366 e. The Morgan fingerprint density at radius 2 is 1.43 bits per heavy atom. The number of benzene rings is 2. The van der Waals surface area contributed by atoms with Gasteiger partial charge < -0.3 is 9.64 Å². The predicted octanol–water partition coefficient (Wildman–Crippen LogP) is 7.66. The highest BCUT2D eigenvalue weighted by Crippen LogP contribution is 2.66. The normalized spacial score (nSPS) is 38.1.